The number of rotatable bonds is 5. The Labute approximate surface area is 101 Å². The van der Waals surface area contributed by atoms with E-state index >= 15 is 0 Å². The first-order valence-electron chi connectivity index (χ1n) is 5.27. The summed E-state index contributed by atoms with van der Waals surface area (Å²) in [5.41, 5.74) is 5.75. The van der Waals surface area contributed by atoms with Crippen LogP contribution in [0.2, 0.25) is 0 Å². The molecule has 6 heteroatoms. The maximum atomic E-state index is 11.5. The number of amides is 1. The number of benzene rings is 1. The molecule has 0 fully saturated rings. The zero-order chi connectivity index (χ0) is 12.9. The van der Waals surface area contributed by atoms with Crippen molar-refractivity contribution in [1.82, 2.24) is 10.9 Å². The van der Waals surface area contributed by atoms with E-state index in [9.17, 15) is 13.2 Å². The number of nitrogens with one attached hydrogen (secondary N) is 2. The van der Waals surface area contributed by atoms with E-state index in [1.807, 2.05) is 0 Å². The van der Waals surface area contributed by atoms with Crippen molar-refractivity contribution in [2.75, 3.05) is 12.8 Å². The summed E-state index contributed by atoms with van der Waals surface area (Å²) in [5.74, 6) is -0.0920. The van der Waals surface area contributed by atoms with Crippen LogP contribution in [0.4, 0.5) is 0 Å². The molecule has 94 valence electrons. The number of carbonyl (C=O) groups excluding carboxylic acids is 1. The lowest BCUT2D eigenvalue weighted by molar-refractivity contribution is -0.121. The molecule has 0 aliphatic rings. The molecule has 17 heavy (non-hydrogen) atoms. The molecule has 0 bridgehead atoms. The normalized spacial score (nSPS) is 11.2. The number of hydrazine groups is 1. The first kappa shape index (κ1) is 13.7. The van der Waals surface area contributed by atoms with Gasteiger partial charge in [-0.2, -0.15) is 0 Å². The first-order valence-corrected chi connectivity index (χ1v) is 6.92. The van der Waals surface area contributed by atoms with Gasteiger partial charge in [-0.3, -0.25) is 10.2 Å². The lowest BCUT2D eigenvalue weighted by atomic mass is 10.1. The maximum absolute atomic E-state index is 11.5. The molecule has 0 aliphatic carbocycles. The Morgan fingerprint density at radius 2 is 1.82 bits per heavy atom. The monoisotopic (exact) mass is 256 g/mol. The van der Waals surface area contributed by atoms with E-state index in [1.165, 1.54) is 12.1 Å². The lowest BCUT2D eigenvalue weighted by Crippen LogP contribution is -2.35. The van der Waals surface area contributed by atoms with E-state index in [0.29, 0.717) is 0 Å². The predicted molar refractivity (Wildman–Crippen MR) is 65.1 cm³/mol. The van der Waals surface area contributed by atoms with Gasteiger partial charge in [0.2, 0.25) is 5.91 Å². The molecule has 1 rings (SSSR count). The number of sulfone groups is 1. The van der Waals surface area contributed by atoms with E-state index in [-0.39, 0.29) is 23.0 Å². The highest BCUT2D eigenvalue weighted by atomic mass is 32.2. The molecule has 1 aromatic rings. The summed E-state index contributed by atoms with van der Waals surface area (Å²) < 4.78 is 23.1. The summed E-state index contributed by atoms with van der Waals surface area (Å²) in [4.78, 5) is 11.5. The highest BCUT2D eigenvalue weighted by molar-refractivity contribution is 7.91. The SMILES string of the molecule is CCS(=O)(=O)c1ccc(CC(=O)NNC)cc1. The van der Waals surface area contributed by atoms with Crippen molar-refractivity contribution in [3.63, 3.8) is 0 Å². The average molecular weight is 256 g/mol. The second-order valence-electron chi connectivity index (χ2n) is 3.52. The molecule has 0 saturated carbocycles. The number of hydrogen-bond acceptors (Lipinski definition) is 4. The van der Waals surface area contributed by atoms with Crippen LogP contribution in [0.15, 0.2) is 29.2 Å². The molecular weight excluding hydrogens is 240 g/mol. The van der Waals surface area contributed by atoms with Crippen molar-refractivity contribution >= 4 is 15.7 Å². The van der Waals surface area contributed by atoms with Crippen LogP contribution in [0, 0.1) is 0 Å². The van der Waals surface area contributed by atoms with E-state index in [1.54, 1.807) is 26.1 Å². The Balaban J connectivity index is 2.79. The summed E-state index contributed by atoms with van der Waals surface area (Å²) in [7, 11) is -1.56. The second kappa shape index (κ2) is 5.79. The predicted octanol–water partition coefficient (Wildman–Crippen LogP) is 0.273. The maximum Gasteiger partial charge on any atom is 0.238 e. The molecule has 0 spiro atoms. The molecular formula is C11H16N2O3S. The Morgan fingerprint density at radius 3 is 2.29 bits per heavy atom. The zero-order valence-corrected chi connectivity index (χ0v) is 10.7. The molecule has 0 heterocycles. The van der Waals surface area contributed by atoms with Gasteiger partial charge in [0.15, 0.2) is 9.84 Å². The van der Waals surface area contributed by atoms with Crippen LogP contribution in [0.1, 0.15) is 12.5 Å². The van der Waals surface area contributed by atoms with Gasteiger partial charge in [0.05, 0.1) is 17.1 Å². The largest absolute Gasteiger partial charge is 0.292 e. The van der Waals surface area contributed by atoms with Crippen LogP contribution in [0.5, 0.6) is 0 Å². The molecule has 5 nitrogen and oxygen atoms in total. The average Bonchev–Trinajstić information content (AvgIpc) is 2.30. The minimum atomic E-state index is -3.17. The molecule has 0 radical (unpaired) electrons. The summed E-state index contributed by atoms with van der Waals surface area (Å²) in [6.45, 7) is 1.60. The third kappa shape index (κ3) is 3.83. The Hall–Kier alpha value is -1.40. The van der Waals surface area contributed by atoms with E-state index in [4.69, 9.17) is 0 Å². The quantitative estimate of drug-likeness (QED) is 0.742. The molecule has 0 aromatic heterocycles. The Bertz CT molecular complexity index is 480. The third-order valence-corrected chi connectivity index (χ3v) is 4.04. The van der Waals surface area contributed by atoms with E-state index < -0.39 is 9.84 Å². The third-order valence-electron chi connectivity index (χ3n) is 2.29. The highest BCUT2D eigenvalue weighted by Gasteiger charge is 2.11. The van der Waals surface area contributed by atoms with E-state index in [0.717, 1.165) is 5.56 Å². The minimum absolute atomic E-state index is 0.0760. The molecule has 0 aliphatic heterocycles. The van der Waals surface area contributed by atoms with Crippen LogP contribution in [-0.2, 0) is 21.1 Å². The van der Waals surface area contributed by atoms with Gasteiger partial charge >= 0.3 is 0 Å². The summed E-state index contributed by atoms with van der Waals surface area (Å²) in [5, 5.41) is 0. The van der Waals surface area contributed by atoms with Crippen LogP contribution in [-0.4, -0.2) is 27.1 Å². The van der Waals surface area contributed by atoms with Crippen molar-refractivity contribution < 1.29 is 13.2 Å². The van der Waals surface area contributed by atoms with Crippen molar-refractivity contribution in [2.45, 2.75) is 18.2 Å². The van der Waals surface area contributed by atoms with Crippen LogP contribution in [0.3, 0.4) is 0 Å². The van der Waals surface area contributed by atoms with Crippen LogP contribution < -0.4 is 10.9 Å². The van der Waals surface area contributed by atoms with Gasteiger partial charge in [0.25, 0.3) is 0 Å². The molecule has 1 amide bonds. The molecule has 1 aromatic carbocycles. The van der Waals surface area contributed by atoms with Gasteiger partial charge in [-0.05, 0) is 17.7 Å². The topological polar surface area (TPSA) is 75.3 Å². The van der Waals surface area contributed by atoms with Crippen LogP contribution in [0.25, 0.3) is 0 Å². The minimum Gasteiger partial charge on any atom is -0.292 e. The lowest BCUT2D eigenvalue weighted by Gasteiger charge is -2.05. The first-order chi connectivity index (χ1) is 7.99. The zero-order valence-electron chi connectivity index (χ0n) is 9.86. The molecule has 0 unspecified atom stereocenters. The smallest absolute Gasteiger partial charge is 0.238 e. The van der Waals surface area contributed by atoms with Crippen molar-refractivity contribution in [1.29, 1.82) is 0 Å². The Morgan fingerprint density at radius 1 is 1.24 bits per heavy atom. The van der Waals surface area contributed by atoms with Gasteiger partial charge in [0, 0.05) is 7.05 Å². The number of carbonyl (C=O) groups is 1. The highest BCUT2D eigenvalue weighted by Crippen LogP contribution is 2.12. The van der Waals surface area contributed by atoms with Gasteiger partial charge < -0.3 is 0 Å². The molecule has 0 saturated heterocycles. The fourth-order valence-electron chi connectivity index (χ4n) is 1.35. The van der Waals surface area contributed by atoms with Gasteiger partial charge in [-0.1, -0.05) is 19.1 Å². The van der Waals surface area contributed by atoms with Crippen molar-refractivity contribution in [3.05, 3.63) is 29.8 Å². The number of hydrogen-bond donors (Lipinski definition) is 2. The summed E-state index contributed by atoms with van der Waals surface area (Å²) >= 11 is 0. The van der Waals surface area contributed by atoms with Crippen molar-refractivity contribution in [3.8, 4) is 0 Å². The van der Waals surface area contributed by atoms with E-state index in [2.05, 4.69) is 10.9 Å². The van der Waals surface area contributed by atoms with Gasteiger partial charge in [0.1, 0.15) is 0 Å². The summed E-state index contributed by atoms with van der Waals surface area (Å²) in [6, 6.07) is 6.36. The standard InChI is InChI=1S/C11H16N2O3S/c1-3-17(15,16)10-6-4-9(5-7-10)8-11(14)13-12-2/h4-7,12H,3,8H2,1-2H3,(H,13,14). The van der Waals surface area contributed by atoms with Crippen LogP contribution >= 0.6 is 0 Å². The summed E-state index contributed by atoms with van der Waals surface area (Å²) in [6.07, 6.45) is 0.216. The van der Waals surface area contributed by atoms with Gasteiger partial charge in [-0.25, -0.2) is 13.8 Å². The van der Waals surface area contributed by atoms with Crippen molar-refractivity contribution in [2.24, 2.45) is 0 Å². The molecule has 2 N–H and O–H groups in total. The Kier molecular flexibility index (Phi) is 4.65. The fraction of sp³-hybridized carbons (Fsp3) is 0.364. The fourth-order valence-corrected chi connectivity index (χ4v) is 2.23. The second-order valence-corrected chi connectivity index (χ2v) is 5.80. The molecule has 0 atom stereocenters. The van der Waals surface area contributed by atoms with Gasteiger partial charge in [-0.15, -0.1) is 0 Å².